The SMILES string of the molecule is CC(=O)NCc1ccc(C(=O)Nc2ccc(Br)c(C)c2)cc1. The molecule has 4 nitrogen and oxygen atoms in total. The van der Waals surface area contributed by atoms with Crippen LogP contribution in [0.4, 0.5) is 5.69 Å². The summed E-state index contributed by atoms with van der Waals surface area (Å²) in [5, 5.41) is 5.58. The maximum absolute atomic E-state index is 12.2. The van der Waals surface area contributed by atoms with Gasteiger partial charge in [-0.05, 0) is 48.4 Å². The molecule has 2 amide bonds. The molecule has 0 spiro atoms. The molecule has 0 fully saturated rings. The molecule has 2 rings (SSSR count). The van der Waals surface area contributed by atoms with Crippen LogP contribution in [-0.4, -0.2) is 11.8 Å². The standard InChI is InChI=1S/C17H17BrN2O2/c1-11-9-15(7-8-16(11)18)20-17(22)14-5-3-13(4-6-14)10-19-12(2)21/h3-9H,10H2,1-2H3,(H,19,21)(H,20,22). The molecule has 0 aliphatic heterocycles. The first-order valence-electron chi connectivity index (χ1n) is 6.86. The molecule has 0 unspecified atom stereocenters. The summed E-state index contributed by atoms with van der Waals surface area (Å²) in [6, 6.07) is 12.8. The fourth-order valence-electron chi connectivity index (χ4n) is 1.93. The summed E-state index contributed by atoms with van der Waals surface area (Å²) in [4.78, 5) is 23.1. The average molecular weight is 361 g/mol. The predicted octanol–water partition coefficient (Wildman–Crippen LogP) is 3.65. The summed E-state index contributed by atoms with van der Waals surface area (Å²) in [6.07, 6.45) is 0. The van der Waals surface area contributed by atoms with E-state index in [0.29, 0.717) is 12.1 Å². The molecule has 0 aliphatic carbocycles. The number of hydrogen-bond acceptors (Lipinski definition) is 2. The van der Waals surface area contributed by atoms with Gasteiger partial charge in [-0.15, -0.1) is 0 Å². The van der Waals surface area contributed by atoms with Crippen molar-refractivity contribution < 1.29 is 9.59 Å². The highest BCUT2D eigenvalue weighted by Gasteiger charge is 2.07. The molecular formula is C17H17BrN2O2. The van der Waals surface area contributed by atoms with Gasteiger partial charge in [-0.25, -0.2) is 0 Å². The van der Waals surface area contributed by atoms with Crippen molar-refractivity contribution in [2.75, 3.05) is 5.32 Å². The second kappa shape index (κ2) is 7.22. The lowest BCUT2D eigenvalue weighted by Crippen LogP contribution is -2.19. The largest absolute Gasteiger partial charge is 0.352 e. The monoisotopic (exact) mass is 360 g/mol. The van der Waals surface area contributed by atoms with Gasteiger partial charge >= 0.3 is 0 Å². The average Bonchev–Trinajstić information content (AvgIpc) is 2.49. The van der Waals surface area contributed by atoms with Gasteiger partial charge in [0.25, 0.3) is 5.91 Å². The number of aryl methyl sites for hydroxylation is 1. The minimum Gasteiger partial charge on any atom is -0.352 e. The molecule has 114 valence electrons. The van der Waals surface area contributed by atoms with Crippen LogP contribution >= 0.6 is 15.9 Å². The Bertz CT molecular complexity index is 696. The number of halogens is 1. The Morgan fingerprint density at radius 2 is 1.77 bits per heavy atom. The molecule has 2 aromatic rings. The highest BCUT2D eigenvalue weighted by Crippen LogP contribution is 2.20. The first-order valence-corrected chi connectivity index (χ1v) is 7.66. The molecule has 0 radical (unpaired) electrons. The Balaban J connectivity index is 2.03. The molecule has 0 bridgehead atoms. The van der Waals surface area contributed by atoms with Crippen molar-refractivity contribution in [3.8, 4) is 0 Å². The van der Waals surface area contributed by atoms with E-state index in [-0.39, 0.29) is 11.8 Å². The lowest BCUT2D eigenvalue weighted by Gasteiger charge is -2.08. The first kappa shape index (κ1) is 16.2. The van der Waals surface area contributed by atoms with Gasteiger partial charge in [-0.1, -0.05) is 28.1 Å². The van der Waals surface area contributed by atoms with Crippen molar-refractivity contribution in [3.63, 3.8) is 0 Å². The van der Waals surface area contributed by atoms with Crippen LogP contribution in [0.1, 0.15) is 28.4 Å². The summed E-state index contributed by atoms with van der Waals surface area (Å²) in [5.41, 5.74) is 3.34. The lowest BCUT2D eigenvalue weighted by atomic mass is 10.1. The third-order valence-electron chi connectivity index (χ3n) is 3.17. The smallest absolute Gasteiger partial charge is 0.255 e. The Kier molecular flexibility index (Phi) is 5.33. The lowest BCUT2D eigenvalue weighted by molar-refractivity contribution is -0.119. The van der Waals surface area contributed by atoms with Gasteiger partial charge in [0.05, 0.1) is 0 Å². The Morgan fingerprint density at radius 3 is 2.36 bits per heavy atom. The van der Waals surface area contributed by atoms with Crippen molar-refractivity contribution in [2.24, 2.45) is 0 Å². The third-order valence-corrected chi connectivity index (χ3v) is 4.06. The molecule has 5 heteroatoms. The van der Waals surface area contributed by atoms with Crippen LogP contribution < -0.4 is 10.6 Å². The van der Waals surface area contributed by atoms with Crippen molar-refractivity contribution in [1.29, 1.82) is 0 Å². The fourth-order valence-corrected chi connectivity index (χ4v) is 2.17. The molecule has 0 aliphatic rings. The van der Waals surface area contributed by atoms with E-state index in [2.05, 4.69) is 26.6 Å². The molecule has 2 N–H and O–H groups in total. The number of hydrogen-bond donors (Lipinski definition) is 2. The Hall–Kier alpha value is -2.14. The topological polar surface area (TPSA) is 58.2 Å². The number of amides is 2. The third kappa shape index (κ3) is 4.43. The normalized spacial score (nSPS) is 10.1. The van der Waals surface area contributed by atoms with Crippen LogP contribution in [0.2, 0.25) is 0 Å². The second-order valence-electron chi connectivity index (χ2n) is 5.02. The highest BCUT2D eigenvalue weighted by atomic mass is 79.9. The van der Waals surface area contributed by atoms with Crippen molar-refractivity contribution in [3.05, 3.63) is 63.6 Å². The summed E-state index contributed by atoms with van der Waals surface area (Å²) in [7, 11) is 0. The molecule has 0 saturated carbocycles. The molecule has 2 aromatic carbocycles. The van der Waals surface area contributed by atoms with E-state index in [1.165, 1.54) is 6.92 Å². The molecular weight excluding hydrogens is 344 g/mol. The fraction of sp³-hybridized carbons (Fsp3) is 0.176. The van der Waals surface area contributed by atoms with Gasteiger partial charge in [0.2, 0.25) is 5.91 Å². The summed E-state index contributed by atoms with van der Waals surface area (Å²) < 4.78 is 1.01. The van der Waals surface area contributed by atoms with Gasteiger partial charge in [0.1, 0.15) is 0 Å². The number of nitrogens with one attached hydrogen (secondary N) is 2. The van der Waals surface area contributed by atoms with E-state index in [1.54, 1.807) is 12.1 Å². The number of anilines is 1. The minimum atomic E-state index is -0.159. The van der Waals surface area contributed by atoms with E-state index in [4.69, 9.17) is 0 Å². The number of rotatable bonds is 4. The maximum Gasteiger partial charge on any atom is 0.255 e. The van der Waals surface area contributed by atoms with Gasteiger partial charge in [0.15, 0.2) is 0 Å². The zero-order valence-corrected chi connectivity index (χ0v) is 14.0. The minimum absolute atomic E-state index is 0.0765. The number of benzene rings is 2. The van der Waals surface area contributed by atoms with Crippen LogP contribution in [0.5, 0.6) is 0 Å². The van der Waals surface area contributed by atoms with E-state index in [1.807, 2.05) is 37.3 Å². The molecule has 0 heterocycles. The molecule has 0 saturated heterocycles. The van der Waals surface area contributed by atoms with Crippen molar-refractivity contribution in [2.45, 2.75) is 20.4 Å². The molecule has 0 atom stereocenters. The van der Waals surface area contributed by atoms with Gasteiger partial charge in [-0.2, -0.15) is 0 Å². The van der Waals surface area contributed by atoms with E-state index >= 15 is 0 Å². The number of carbonyl (C=O) groups excluding carboxylic acids is 2. The maximum atomic E-state index is 12.2. The highest BCUT2D eigenvalue weighted by molar-refractivity contribution is 9.10. The van der Waals surface area contributed by atoms with Gasteiger partial charge in [-0.3, -0.25) is 9.59 Å². The number of carbonyl (C=O) groups is 2. The Labute approximate surface area is 138 Å². The van der Waals surface area contributed by atoms with Crippen LogP contribution in [-0.2, 0) is 11.3 Å². The Morgan fingerprint density at radius 1 is 1.09 bits per heavy atom. The van der Waals surface area contributed by atoms with Crippen molar-refractivity contribution in [1.82, 2.24) is 5.32 Å². The quantitative estimate of drug-likeness (QED) is 0.874. The zero-order valence-electron chi connectivity index (χ0n) is 12.4. The van der Waals surface area contributed by atoms with Gasteiger partial charge in [0, 0.05) is 29.2 Å². The second-order valence-corrected chi connectivity index (χ2v) is 5.88. The van der Waals surface area contributed by atoms with Gasteiger partial charge < -0.3 is 10.6 Å². The zero-order chi connectivity index (χ0) is 16.1. The predicted molar refractivity (Wildman–Crippen MR) is 90.8 cm³/mol. The van der Waals surface area contributed by atoms with Crippen LogP contribution in [0.3, 0.4) is 0 Å². The van der Waals surface area contributed by atoms with E-state index < -0.39 is 0 Å². The molecule has 0 aromatic heterocycles. The van der Waals surface area contributed by atoms with Crippen LogP contribution in [0.15, 0.2) is 46.9 Å². The summed E-state index contributed by atoms with van der Waals surface area (Å²) in [6.45, 7) is 3.90. The van der Waals surface area contributed by atoms with Crippen molar-refractivity contribution >= 4 is 33.4 Å². The molecule has 22 heavy (non-hydrogen) atoms. The van der Waals surface area contributed by atoms with Crippen LogP contribution in [0, 0.1) is 6.92 Å². The summed E-state index contributed by atoms with van der Waals surface area (Å²) in [5.74, 6) is -0.236. The first-order chi connectivity index (χ1) is 10.5. The van der Waals surface area contributed by atoms with Crippen LogP contribution in [0.25, 0.3) is 0 Å². The summed E-state index contributed by atoms with van der Waals surface area (Å²) >= 11 is 3.43. The van der Waals surface area contributed by atoms with E-state index in [0.717, 1.165) is 21.3 Å². The van der Waals surface area contributed by atoms with E-state index in [9.17, 15) is 9.59 Å².